The van der Waals surface area contributed by atoms with Crippen molar-refractivity contribution in [1.82, 2.24) is 10.2 Å². The Hall–Kier alpha value is -1.10. The topological polar surface area (TPSA) is 69.6 Å². The monoisotopic (exact) mass is 254 g/mol. The van der Waals surface area contributed by atoms with Gasteiger partial charge in [-0.3, -0.25) is 14.5 Å². The molecule has 2 aliphatic rings. The van der Waals surface area contributed by atoms with E-state index in [1.807, 2.05) is 0 Å². The number of aliphatic carboxylic acids is 1. The highest BCUT2D eigenvalue weighted by Gasteiger charge is 2.39. The fourth-order valence-corrected chi connectivity index (χ4v) is 3.02. The highest BCUT2D eigenvalue weighted by Crippen LogP contribution is 2.33. The van der Waals surface area contributed by atoms with Gasteiger partial charge in [0.15, 0.2) is 0 Å². The van der Waals surface area contributed by atoms with Crippen LogP contribution in [0.1, 0.15) is 45.4 Å². The Balaban J connectivity index is 2.04. The zero-order chi connectivity index (χ0) is 13.1. The number of carbonyl (C=O) groups excluding carboxylic acids is 1. The Morgan fingerprint density at radius 2 is 1.89 bits per heavy atom. The van der Waals surface area contributed by atoms with Gasteiger partial charge in [-0.2, -0.15) is 0 Å². The minimum Gasteiger partial charge on any atom is -0.480 e. The smallest absolute Gasteiger partial charge is 0.317 e. The SMILES string of the molecule is CC(=O)N[C@H]1CCCC[C@@H]1N(CC(=O)O)C1CC1. The van der Waals surface area contributed by atoms with Gasteiger partial charge in [-0.25, -0.2) is 0 Å². The first-order valence-electron chi connectivity index (χ1n) is 6.82. The van der Waals surface area contributed by atoms with E-state index in [0.29, 0.717) is 6.04 Å². The van der Waals surface area contributed by atoms with E-state index in [9.17, 15) is 9.59 Å². The van der Waals surface area contributed by atoms with Crippen LogP contribution in [0.2, 0.25) is 0 Å². The third-order valence-corrected chi connectivity index (χ3v) is 3.88. The van der Waals surface area contributed by atoms with Crippen LogP contribution >= 0.6 is 0 Å². The van der Waals surface area contributed by atoms with Gasteiger partial charge in [-0.1, -0.05) is 12.8 Å². The van der Waals surface area contributed by atoms with Gasteiger partial charge in [0.2, 0.25) is 5.91 Å². The van der Waals surface area contributed by atoms with Gasteiger partial charge in [-0.05, 0) is 25.7 Å². The Bertz CT molecular complexity index is 328. The van der Waals surface area contributed by atoms with Crippen LogP contribution in [0.5, 0.6) is 0 Å². The van der Waals surface area contributed by atoms with E-state index in [1.165, 1.54) is 6.92 Å². The third-order valence-electron chi connectivity index (χ3n) is 3.88. The van der Waals surface area contributed by atoms with Crippen LogP contribution in [-0.4, -0.2) is 46.6 Å². The molecule has 1 amide bonds. The van der Waals surface area contributed by atoms with Crippen LogP contribution in [-0.2, 0) is 9.59 Å². The van der Waals surface area contributed by atoms with Crippen LogP contribution in [0.4, 0.5) is 0 Å². The van der Waals surface area contributed by atoms with Gasteiger partial charge < -0.3 is 10.4 Å². The molecule has 0 bridgehead atoms. The number of carboxylic acid groups (broad SMARTS) is 1. The van der Waals surface area contributed by atoms with Crippen molar-refractivity contribution in [3.63, 3.8) is 0 Å². The number of carboxylic acids is 1. The molecule has 0 aromatic heterocycles. The molecule has 0 aromatic carbocycles. The summed E-state index contributed by atoms with van der Waals surface area (Å²) in [6, 6.07) is 0.739. The van der Waals surface area contributed by atoms with Crippen molar-refractivity contribution in [2.24, 2.45) is 0 Å². The van der Waals surface area contributed by atoms with E-state index in [2.05, 4.69) is 10.2 Å². The first kappa shape index (κ1) is 13.3. The summed E-state index contributed by atoms with van der Waals surface area (Å²) in [6.45, 7) is 1.63. The molecule has 2 rings (SSSR count). The Morgan fingerprint density at radius 3 is 2.44 bits per heavy atom. The fraction of sp³-hybridized carbons (Fsp3) is 0.846. The van der Waals surface area contributed by atoms with E-state index < -0.39 is 5.97 Å². The van der Waals surface area contributed by atoms with E-state index in [-0.39, 0.29) is 24.5 Å². The molecular weight excluding hydrogens is 232 g/mol. The summed E-state index contributed by atoms with van der Waals surface area (Å²) in [7, 11) is 0. The average Bonchev–Trinajstić information content (AvgIpc) is 3.09. The molecule has 2 atom stereocenters. The molecule has 0 radical (unpaired) electrons. The summed E-state index contributed by atoms with van der Waals surface area (Å²) in [5, 5.41) is 12.0. The first-order valence-corrected chi connectivity index (χ1v) is 6.82. The van der Waals surface area contributed by atoms with Crippen molar-refractivity contribution in [3.8, 4) is 0 Å². The molecule has 0 aliphatic heterocycles. The van der Waals surface area contributed by atoms with Crippen LogP contribution in [0.3, 0.4) is 0 Å². The fourth-order valence-electron chi connectivity index (χ4n) is 3.02. The molecule has 0 spiro atoms. The Kier molecular flexibility index (Phi) is 4.22. The van der Waals surface area contributed by atoms with Crippen molar-refractivity contribution < 1.29 is 14.7 Å². The average molecular weight is 254 g/mol. The number of rotatable bonds is 5. The minimum absolute atomic E-state index is 0.0158. The van der Waals surface area contributed by atoms with Crippen LogP contribution in [0.15, 0.2) is 0 Å². The van der Waals surface area contributed by atoms with E-state index in [4.69, 9.17) is 5.11 Å². The second-order valence-electron chi connectivity index (χ2n) is 5.46. The zero-order valence-corrected chi connectivity index (χ0v) is 10.9. The lowest BCUT2D eigenvalue weighted by atomic mass is 9.88. The van der Waals surface area contributed by atoms with Gasteiger partial charge in [0.1, 0.15) is 0 Å². The first-order chi connectivity index (χ1) is 8.58. The van der Waals surface area contributed by atoms with Gasteiger partial charge in [0.25, 0.3) is 0 Å². The molecule has 2 aliphatic carbocycles. The molecule has 0 saturated heterocycles. The normalized spacial score (nSPS) is 28.1. The maximum Gasteiger partial charge on any atom is 0.317 e. The molecule has 102 valence electrons. The van der Waals surface area contributed by atoms with Crippen molar-refractivity contribution in [3.05, 3.63) is 0 Å². The second-order valence-corrected chi connectivity index (χ2v) is 5.46. The molecule has 18 heavy (non-hydrogen) atoms. The van der Waals surface area contributed by atoms with Crippen molar-refractivity contribution in [1.29, 1.82) is 0 Å². The molecule has 5 heteroatoms. The van der Waals surface area contributed by atoms with Gasteiger partial charge in [0, 0.05) is 25.0 Å². The predicted molar refractivity (Wildman–Crippen MR) is 67.2 cm³/mol. The largest absolute Gasteiger partial charge is 0.480 e. The van der Waals surface area contributed by atoms with E-state index in [0.717, 1.165) is 38.5 Å². The van der Waals surface area contributed by atoms with Gasteiger partial charge in [-0.15, -0.1) is 0 Å². The summed E-state index contributed by atoms with van der Waals surface area (Å²) in [4.78, 5) is 24.3. The highest BCUT2D eigenvalue weighted by molar-refractivity contribution is 5.73. The van der Waals surface area contributed by atoms with Gasteiger partial charge in [0.05, 0.1) is 6.54 Å². The number of nitrogens with zero attached hydrogens (tertiary/aromatic N) is 1. The predicted octanol–water partition coefficient (Wildman–Crippen LogP) is 0.983. The molecule has 2 fully saturated rings. The molecule has 5 nitrogen and oxygen atoms in total. The maximum absolute atomic E-state index is 11.2. The van der Waals surface area contributed by atoms with Crippen LogP contribution in [0, 0.1) is 0 Å². The Morgan fingerprint density at radius 1 is 1.22 bits per heavy atom. The number of carbonyl (C=O) groups is 2. The third kappa shape index (κ3) is 3.45. The molecule has 0 aromatic rings. The summed E-state index contributed by atoms with van der Waals surface area (Å²) in [6.07, 6.45) is 6.39. The minimum atomic E-state index is -0.769. The zero-order valence-electron chi connectivity index (χ0n) is 10.9. The van der Waals surface area contributed by atoms with Crippen molar-refractivity contribution in [2.45, 2.75) is 63.6 Å². The van der Waals surface area contributed by atoms with E-state index >= 15 is 0 Å². The lowest BCUT2D eigenvalue weighted by Gasteiger charge is -2.39. The maximum atomic E-state index is 11.2. The van der Waals surface area contributed by atoms with Crippen LogP contribution < -0.4 is 5.32 Å². The second kappa shape index (κ2) is 5.69. The number of amides is 1. The highest BCUT2D eigenvalue weighted by atomic mass is 16.4. The van der Waals surface area contributed by atoms with Gasteiger partial charge >= 0.3 is 5.97 Å². The Labute approximate surface area is 108 Å². The lowest BCUT2D eigenvalue weighted by Crippen LogP contribution is -2.54. The lowest BCUT2D eigenvalue weighted by molar-refractivity contribution is -0.139. The summed E-state index contributed by atoms with van der Waals surface area (Å²) < 4.78 is 0. The molecule has 2 N–H and O–H groups in total. The molecule has 0 unspecified atom stereocenters. The van der Waals surface area contributed by atoms with Crippen LogP contribution in [0.25, 0.3) is 0 Å². The number of hydrogen-bond acceptors (Lipinski definition) is 3. The standard InChI is InChI=1S/C13H22N2O3/c1-9(16)14-11-4-2-3-5-12(11)15(8-13(17)18)10-6-7-10/h10-12H,2-8H2,1H3,(H,14,16)(H,17,18)/t11-,12-/m0/s1. The number of nitrogens with one attached hydrogen (secondary N) is 1. The summed E-state index contributed by atoms with van der Waals surface area (Å²) in [5.74, 6) is -0.785. The van der Waals surface area contributed by atoms with Crippen molar-refractivity contribution >= 4 is 11.9 Å². The number of hydrogen-bond donors (Lipinski definition) is 2. The van der Waals surface area contributed by atoms with E-state index in [1.54, 1.807) is 0 Å². The molecule has 2 saturated carbocycles. The van der Waals surface area contributed by atoms with Crippen molar-refractivity contribution in [2.75, 3.05) is 6.54 Å². The summed E-state index contributed by atoms with van der Waals surface area (Å²) >= 11 is 0. The molecule has 0 heterocycles. The quantitative estimate of drug-likeness (QED) is 0.767. The molecular formula is C13H22N2O3. The summed E-state index contributed by atoms with van der Waals surface area (Å²) in [5.41, 5.74) is 0.